The highest BCUT2D eigenvalue weighted by molar-refractivity contribution is 5.36. The van der Waals surface area contributed by atoms with Gasteiger partial charge in [0.15, 0.2) is 11.6 Å². The number of halogens is 2. The average Bonchev–Trinajstić information content (AvgIpc) is 2.13. The first-order valence-electron chi connectivity index (χ1n) is 3.61. The van der Waals surface area contributed by atoms with Crippen molar-refractivity contribution in [3.05, 3.63) is 29.3 Å². The number of aliphatic hydroxyl groups excluding tert-OH is 1. The van der Waals surface area contributed by atoms with Crippen LogP contribution in [0.4, 0.5) is 8.78 Å². The maximum Gasteiger partial charge on any atom is 0.200 e. The predicted molar refractivity (Wildman–Crippen MR) is 42.0 cm³/mol. The molecule has 0 bridgehead atoms. The minimum Gasteiger partial charge on any atom is -0.505 e. The number of aromatic hydroxyl groups is 1. The van der Waals surface area contributed by atoms with Crippen LogP contribution in [0.1, 0.15) is 11.6 Å². The predicted octanol–water partition coefficient (Wildman–Crippen LogP) is 0.662. The smallest absolute Gasteiger partial charge is 0.200 e. The van der Waals surface area contributed by atoms with E-state index in [0.29, 0.717) is 0 Å². The zero-order valence-corrected chi connectivity index (χ0v) is 6.67. The quantitative estimate of drug-likeness (QED) is 0.640. The minimum absolute atomic E-state index is 0.0126. The van der Waals surface area contributed by atoms with E-state index in [2.05, 4.69) is 0 Å². The van der Waals surface area contributed by atoms with Gasteiger partial charge in [0.2, 0.25) is 5.82 Å². The first kappa shape index (κ1) is 9.88. The summed E-state index contributed by atoms with van der Waals surface area (Å²) >= 11 is 0. The van der Waals surface area contributed by atoms with Gasteiger partial charge in [-0.2, -0.15) is 4.39 Å². The minimum atomic E-state index is -1.35. The number of benzene rings is 1. The van der Waals surface area contributed by atoms with Crippen LogP contribution in [0.5, 0.6) is 5.75 Å². The largest absolute Gasteiger partial charge is 0.505 e. The first-order valence-corrected chi connectivity index (χ1v) is 3.61. The van der Waals surface area contributed by atoms with Crippen molar-refractivity contribution < 1.29 is 19.0 Å². The van der Waals surface area contributed by atoms with Gasteiger partial charge in [0, 0.05) is 5.56 Å². The Labute approximate surface area is 73.4 Å². The molecule has 0 spiro atoms. The van der Waals surface area contributed by atoms with Gasteiger partial charge in [-0.05, 0) is 6.07 Å². The van der Waals surface area contributed by atoms with E-state index in [4.69, 9.17) is 15.9 Å². The fourth-order valence-corrected chi connectivity index (χ4v) is 0.952. The van der Waals surface area contributed by atoms with Crippen molar-refractivity contribution in [1.29, 1.82) is 0 Å². The molecular formula is C8H9F2NO2. The normalized spacial score (nSPS) is 12.9. The van der Waals surface area contributed by atoms with E-state index in [9.17, 15) is 8.78 Å². The standard InChI is InChI=1S/C8H9F2NO2/c9-5-2-1-4(6(11)3-12)8(13)7(5)10/h1-2,6,12-13H,3,11H2. The Balaban J connectivity index is 3.18. The molecule has 0 aliphatic carbocycles. The number of hydrogen-bond donors (Lipinski definition) is 3. The Hall–Kier alpha value is -1.20. The molecule has 72 valence electrons. The lowest BCUT2D eigenvalue weighted by Gasteiger charge is -2.10. The van der Waals surface area contributed by atoms with Crippen molar-refractivity contribution in [1.82, 2.24) is 0 Å². The molecule has 0 saturated carbocycles. The van der Waals surface area contributed by atoms with Gasteiger partial charge in [0.1, 0.15) is 0 Å². The van der Waals surface area contributed by atoms with Crippen molar-refractivity contribution in [2.45, 2.75) is 6.04 Å². The van der Waals surface area contributed by atoms with Gasteiger partial charge in [0.25, 0.3) is 0 Å². The molecule has 1 rings (SSSR count). The molecule has 0 radical (unpaired) electrons. The molecule has 0 aromatic heterocycles. The van der Waals surface area contributed by atoms with Crippen molar-refractivity contribution in [2.24, 2.45) is 5.73 Å². The lowest BCUT2D eigenvalue weighted by molar-refractivity contribution is 0.264. The first-order chi connectivity index (χ1) is 6.07. The Morgan fingerprint density at radius 2 is 2.00 bits per heavy atom. The maximum atomic E-state index is 12.7. The number of nitrogens with two attached hydrogens (primary N) is 1. The summed E-state index contributed by atoms with van der Waals surface area (Å²) in [5, 5.41) is 17.7. The zero-order valence-electron chi connectivity index (χ0n) is 6.67. The van der Waals surface area contributed by atoms with Gasteiger partial charge >= 0.3 is 0 Å². The summed E-state index contributed by atoms with van der Waals surface area (Å²) in [5.41, 5.74) is 5.30. The Kier molecular flexibility index (Phi) is 2.79. The summed E-state index contributed by atoms with van der Waals surface area (Å²) in [6, 6.07) is 1.07. The number of hydrogen-bond acceptors (Lipinski definition) is 3. The van der Waals surface area contributed by atoms with Crippen molar-refractivity contribution in [2.75, 3.05) is 6.61 Å². The summed E-state index contributed by atoms with van der Waals surface area (Å²) in [5.74, 6) is -3.34. The molecule has 1 atom stereocenters. The Bertz CT molecular complexity index is 317. The third-order valence-electron chi connectivity index (χ3n) is 1.70. The molecule has 0 heterocycles. The van der Waals surface area contributed by atoms with Crippen LogP contribution < -0.4 is 5.73 Å². The third kappa shape index (κ3) is 1.76. The van der Waals surface area contributed by atoms with Crippen LogP contribution >= 0.6 is 0 Å². The highest BCUT2D eigenvalue weighted by Gasteiger charge is 2.16. The molecule has 3 nitrogen and oxygen atoms in total. The van der Waals surface area contributed by atoms with E-state index in [1.54, 1.807) is 0 Å². The van der Waals surface area contributed by atoms with E-state index in [0.717, 1.165) is 12.1 Å². The van der Waals surface area contributed by atoms with Gasteiger partial charge in [-0.3, -0.25) is 0 Å². The molecule has 1 aromatic carbocycles. The van der Waals surface area contributed by atoms with Crippen LogP contribution in [0, 0.1) is 11.6 Å². The van der Waals surface area contributed by atoms with Crippen LogP contribution in [0.15, 0.2) is 12.1 Å². The van der Waals surface area contributed by atoms with Gasteiger partial charge in [-0.25, -0.2) is 4.39 Å². The van der Waals surface area contributed by atoms with Crippen LogP contribution in [0.3, 0.4) is 0 Å². The van der Waals surface area contributed by atoms with E-state index < -0.39 is 30.0 Å². The summed E-state index contributed by atoms with van der Waals surface area (Å²) in [4.78, 5) is 0. The molecule has 0 saturated heterocycles. The lowest BCUT2D eigenvalue weighted by atomic mass is 10.1. The van der Waals surface area contributed by atoms with Crippen molar-refractivity contribution in [3.63, 3.8) is 0 Å². The molecule has 1 unspecified atom stereocenters. The fourth-order valence-electron chi connectivity index (χ4n) is 0.952. The Morgan fingerprint density at radius 3 is 2.54 bits per heavy atom. The maximum absolute atomic E-state index is 12.7. The summed E-state index contributed by atoms with van der Waals surface area (Å²) in [6.07, 6.45) is 0. The monoisotopic (exact) mass is 189 g/mol. The van der Waals surface area contributed by atoms with Gasteiger partial charge in [0.05, 0.1) is 12.6 Å². The number of phenols is 1. The van der Waals surface area contributed by atoms with Crippen LogP contribution in [0.2, 0.25) is 0 Å². The lowest BCUT2D eigenvalue weighted by Crippen LogP contribution is -2.15. The molecule has 0 aliphatic heterocycles. The number of rotatable bonds is 2. The topological polar surface area (TPSA) is 66.5 Å². The van der Waals surface area contributed by atoms with Crippen molar-refractivity contribution >= 4 is 0 Å². The van der Waals surface area contributed by atoms with Crippen molar-refractivity contribution in [3.8, 4) is 5.75 Å². The van der Waals surface area contributed by atoms with Crippen LogP contribution in [-0.2, 0) is 0 Å². The van der Waals surface area contributed by atoms with E-state index in [1.165, 1.54) is 0 Å². The number of aliphatic hydroxyl groups is 1. The summed E-state index contributed by atoms with van der Waals surface area (Å²) < 4.78 is 25.2. The molecule has 1 aromatic rings. The fraction of sp³-hybridized carbons (Fsp3) is 0.250. The van der Waals surface area contributed by atoms with Gasteiger partial charge in [-0.1, -0.05) is 6.07 Å². The molecule has 0 fully saturated rings. The number of phenolic OH excluding ortho intramolecular Hbond substituents is 1. The van der Waals surface area contributed by atoms with E-state index >= 15 is 0 Å². The van der Waals surface area contributed by atoms with Crippen LogP contribution in [-0.4, -0.2) is 16.8 Å². The van der Waals surface area contributed by atoms with Crippen LogP contribution in [0.25, 0.3) is 0 Å². The second-order valence-corrected chi connectivity index (χ2v) is 2.59. The van der Waals surface area contributed by atoms with Gasteiger partial charge in [-0.15, -0.1) is 0 Å². The molecule has 0 aliphatic rings. The molecule has 13 heavy (non-hydrogen) atoms. The highest BCUT2D eigenvalue weighted by Crippen LogP contribution is 2.27. The van der Waals surface area contributed by atoms with E-state index in [1.807, 2.05) is 0 Å². The molecule has 4 N–H and O–H groups in total. The van der Waals surface area contributed by atoms with E-state index in [-0.39, 0.29) is 5.56 Å². The zero-order chi connectivity index (χ0) is 10.0. The highest BCUT2D eigenvalue weighted by atomic mass is 19.2. The Morgan fingerprint density at radius 1 is 1.38 bits per heavy atom. The second kappa shape index (κ2) is 3.68. The molecule has 5 heteroatoms. The second-order valence-electron chi connectivity index (χ2n) is 2.59. The summed E-state index contributed by atoms with van der Waals surface area (Å²) in [6.45, 7) is -0.446. The summed E-state index contributed by atoms with van der Waals surface area (Å²) in [7, 11) is 0. The van der Waals surface area contributed by atoms with Gasteiger partial charge < -0.3 is 15.9 Å². The molecule has 0 amide bonds. The SMILES string of the molecule is NC(CO)c1ccc(F)c(F)c1O. The molecular weight excluding hydrogens is 180 g/mol. The third-order valence-corrected chi connectivity index (χ3v) is 1.70. The average molecular weight is 189 g/mol.